The van der Waals surface area contributed by atoms with E-state index in [1.807, 2.05) is 18.2 Å². The van der Waals surface area contributed by atoms with Gasteiger partial charge in [0, 0.05) is 12.0 Å². The normalized spacial score (nSPS) is 9.68. The van der Waals surface area contributed by atoms with Crippen LogP contribution in [0.3, 0.4) is 0 Å². The fourth-order valence-corrected chi connectivity index (χ4v) is 2.01. The number of hydrogen-bond acceptors (Lipinski definition) is 1. The van der Waals surface area contributed by atoms with Gasteiger partial charge in [-0.1, -0.05) is 42.2 Å². The zero-order valence-electron chi connectivity index (χ0n) is 12.3. The molecular weight excluding hydrogens is 277 g/mol. The monoisotopic (exact) mass is 295 g/mol. The summed E-state index contributed by atoms with van der Waals surface area (Å²) in [6, 6.07) is 16.1. The van der Waals surface area contributed by atoms with Gasteiger partial charge >= 0.3 is 0 Å². The molecule has 0 aliphatic heterocycles. The minimum Gasteiger partial charge on any atom is -0.345 e. The lowest BCUT2D eigenvalue weighted by Crippen LogP contribution is -2.23. The van der Waals surface area contributed by atoms with Gasteiger partial charge in [-0.05, 0) is 42.7 Å². The maximum Gasteiger partial charge on any atom is 0.220 e. The molecule has 22 heavy (non-hydrogen) atoms. The van der Waals surface area contributed by atoms with Crippen molar-refractivity contribution in [3.63, 3.8) is 0 Å². The van der Waals surface area contributed by atoms with Gasteiger partial charge in [-0.15, -0.1) is 0 Å². The minimum absolute atomic E-state index is 0.00402. The van der Waals surface area contributed by atoms with Crippen molar-refractivity contribution in [2.45, 2.75) is 19.3 Å². The van der Waals surface area contributed by atoms with Crippen LogP contribution in [0.15, 0.2) is 54.6 Å². The Hall–Kier alpha value is -2.60. The molecule has 0 saturated carbocycles. The highest BCUT2D eigenvalue weighted by molar-refractivity contribution is 5.76. The molecule has 0 atom stereocenters. The number of rotatable bonds is 5. The van der Waals surface area contributed by atoms with Gasteiger partial charge in [0.05, 0.1) is 6.54 Å². The van der Waals surface area contributed by atoms with Crippen molar-refractivity contribution in [2.75, 3.05) is 6.54 Å². The Morgan fingerprint density at radius 3 is 2.50 bits per heavy atom. The van der Waals surface area contributed by atoms with E-state index in [-0.39, 0.29) is 11.7 Å². The van der Waals surface area contributed by atoms with Crippen LogP contribution in [0, 0.1) is 17.7 Å². The molecule has 2 aromatic carbocycles. The molecule has 1 N–H and O–H groups in total. The van der Waals surface area contributed by atoms with Gasteiger partial charge in [0.1, 0.15) is 5.82 Å². The van der Waals surface area contributed by atoms with Crippen molar-refractivity contribution in [1.29, 1.82) is 0 Å². The topological polar surface area (TPSA) is 29.1 Å². The Balaban J connectivity index is 1.65. The van der Waals surface area contributed by atoms with Crippen LogP contribution in [0.2, 0.25) is 0 Å². The van der Waals surface area contributed by atoms with Crippen LogP contribution in [0.5, 0.6) is 0 Å². The van der Waals surface area contributed by atoms with E-state index in [4.69, 9.17) is 0 Å². The molecule has 0 aliphatic rings. The van der Waals surface area contributed by atoms with E-state index in [9.17, 15) is 9.18 Å². The van der Waals surface area contributed by atoms with Crippen molar-refractivity contribution >= 4 is 5.91 Å². The molecule has 0 unspecified atom stereocenters. The first-order chi connectivity index (χ1) is 10.7. The second kappa shape index (κ2) is 8.63. The molecule has 2 aromatic rings. The molecule has 0 aliphatic carbocycles. The summed E-state index contributed by atoms with van der Waals surface area (Å²) in [4.78, 5) is 11.7. The average Bonchev–Trinajstić information content (AvgIpc) is 2.54. The van der Waals surface area contributed by atoms with E-state index in [0.29, 0.717) is 13.0 Å². The summed E-state index contributed by atoms with van der Waals surface area (Å²) in [7, 11) is 0. The van der Waals surface area contributed by atoms with Crippen LogP contribution in [0.4, 0.5) is 4.39 Å². The molecule has 0 radical (unpaired) electrons. The van der Waals surface area contributed by atoms with E-state index in [1.165, 1.54) is 17.7 Å². The van der Waals surface area contributed by atoms with Crippen molar-refractivity contribution in [2.24, 2.45) is 0 Å². The lowest BCUT2D eigenvalue weighted by atomic mass is 10.1. The number of amides is 1. The Morgan fingerprint density at radius 2 is 1.77 bits per heavy atom. The van der Waals surface area contributed by atoms with Crippen molar-refractivity contribution in [3.8, 4) is 11.8 Å². The van der Waals surface area contributed by atoms with Crippen LogP contribution < -0.4 is 5.32 Å². The van der Waals surface area contributed by atoms with E-state index < -0.39 is 0 Å². The molecule has 0 bridgehead atoms. The zero-order valence-corrected chi connectivity index (χ0v) is 12.3. The van der Waals surface area contributed by atoms with E-state index in [0.717, 1.165) is 18.4 Å². The van der Waals surface area contributed by atoms with Crippen LogP contribution in [-0.4, -0.2) is 12.5 Å². The summed E-state index contributed by atoms with van der Waals surface area (Å²) in [5.74, 6) is 5.46. The van der Waals surface area contributed by atoms with Gasteiger partial charge in [-0.3, -0.25) is 4.79 Å². The lowest BCUT2D eigenvalue weighted by Gasteiger charge is -2.02. The number of hydrogen-bond donors (Lipinski definition) is 1. The van der Waals surface area contributed by atoms with Gasteiger partial charge in [0.25, 0.3) is 0 Å². The van der Waals surface area contributed by atoms with Gasteiger partial charge in [0.2, 0.25) is 5.91 Å². The first kappa shape index (κ1) is 15.8. The minimum atomic E-state index is -0.280. The number of carbonyl (C=O) groups excluding carboxylic acids is 1. The highest BCUT2D eigenvalue weighted by Crippen LogP contribution is 2.04. The third-order valence-corrected chi connectivity index (χ3v) is 3.16. The summed E-state index contributed by atoms with van der Waals surface area (Å²) in [5.41, 5.74) is 1.98. The number of carbonyl (C=O) groups is 1. The molecular formula is C19H18FNO. The van der Waals surface area contributed by atoms with Crippen LogP contribution >= 0.6 is 0 Å². The van der Waals surface area contributed by atoms with E-state index >= 15 is 0 Å². The molecule has 0 fully saturated rings. The second-order valence-electron chi connectivity index (χ2n) is 4.92. The standard InChI is InChI=1S/C19H18FNO/c20-18-13-11-17(12-14-18)9-5-15-21-19(22)10-4-8-16-6-2-1-3-7-16/h1-3,6-7,11-14H,4,8,10,15H2,(H,21,22). The fourth-order valence-electron chi connectivity index (χ4n) is 2.01. The average molecular weight is 295 g/mol. The first-order valence-electron chi connectivity index (χ1n) is 7.29. The molecule has 112 valence electrons. The molecule has 3 heteroatoms. The third-order valence-electron chi connectivity index (χ3n) is 3.16. The van der Waals surface area contributed by atoms with Crippen molar-refractivity contribution in [1.82, 2.24) is 5.32 Å². The highest BCUT2D eigenvalue weighted by Gasteiger charge is 1.99. The van der Waals surface area contributed by atoms with E-state index in [1.54, 1.807) is 12.1 Å². The third kappa shape index (κ3) is 5.80. The second-order valence-corrected chi connectivity index (χ2v) is 4.92. The molecule has 2 nitrogen and oxygen atoms in total. The number of nitrogens with one attached hydrogen (secondary N) is 1. The quantitative estimate of drug-likeness (QED) is 0.842. The molecule has 0 aromatic heterocycles. The zero-order chi connectivity index (χ0) is 15.6. The van der Waals surface area contributed by atoms with Gasteiger partial charge in [0.15, 0.2) is 0 Å². The van der Waals surface area contributed by atoms with E-state index in [2.05, 4.69) is 29.3 Å². The van der Waals surface area contributed by atoms with Gasteiger partial charge < -0.3 is 5.32 Å². The van der Waals surface area contributed by atoms with Crippen LogP contribution in [0.1, 0.15) is 24.0 Å². The van der Waals surface area contributed by atoms with Crippen molar-refractivity contribution in [3.05, 3.63) is 71.5 Å². The SMILES string of the molecule is O=C(CCCc1ccccc1)NCC#Cc1ccc(F)cc1. The van der Waals surface area contributed by atoms with Crippen LogP contribution in [-0.2, 0) is 11.2 Å². The first-order valence-corrected chi connectivity index (χ1v) is 7.29. The summed E-state index contributed by atoms with van der Waals surface area (Å²) in [5, 5.41) is 2.76. The van der Waals surface area contributed by atoms with Crippen LogP contribution in [0.25, 0.3) is 0 Å². The smallest absolute Gasteiger partial charge is 0.220 e. The lowest BCUT2D eigenvalue weighted by molar-refractivity contribution is -0.120. The summed E-state index contributed by atoms with van der Waals surface area (Å²) in [6.45, 7) is 0.307. The number of aryl methyl sites for hydroxylation is 1. The summed E-state index contributed by atoms with van der Waals surface area (Å²) < 4.78 is 12.7. The largest absolute Gasteiger partial charge is 0.345 e. The predicted molar refractivity (Wildman–Crippen MR) is 85.7 cm³/mol. The number of halogens is 1. The molecule has 1 amide bonds. The highest BCUT2D eigenvalue weighted by atomic mass is 19.1. The molecule has 0 spiro atoms. The summed E-state index contributed by atoms with van der Waals surface area (Å²) in [6.07, 6.45) is 2.21. The Labute approximate surface area is 130 Å². The maximum atomic E-state index is 12.7. The van der Waals surface area contributed by atoms with Gasteiger partial charge in [-0.2, -0.15) is 0 Å². The van der Waals surface area contributed by atoms with Crippen molar-refractivity contribution < 1.29 is 9.18 Å². The Bertz CT molecular complexity index is 653. The molecule has 2 rings (SSSR count). The Kier molecular flexibility index (Phi) is 6.19. The summed E-state index contributed by atoms with van der Waals surface area (Å²) >= 11 is 0. The number of benzene rings is 2. The maximum absolute atomic E-state index is 12.7. The van der Waals surface area contributed by atoms with Gasteiger partial charge in [-0.25, -0.2) is 4.39 Å². The Morgan fingerprint density at radius 1 is 1.05 bits per heavy atom. The molecule has 0 heterocycles. The fraction of sp³-hybridized carbons (Fsp3) is 0.211. The predicted octanol–water partition coefficient (Wildman–Crippen LogP) is 3.32. The molecule has 0 saturated heterocycles.